The molecule has 76 valence electrons. The molecule has 0 aromatic heterocycles. The maximum Gasteiger partial charge on any atom is 0.231 e. The topological polar surface area (TPSA) is 38.7 Å². The van der Waals surface area contributed by atoms with Crippen molar-refractivity contribution < 1.29 is 14.6 Å². The summed E-state index contributed by atoms with van der Waals surface area (Å²) in [6, 6.07) is 4.07. The normalized spacial score (nSPS) is 13.3. The molecule has 3 heteroatoms. The Morgan fingerprint density at radius 2 is 2.07 bits per heavy atom. The fraction of sp³-hybridized carbons (Fsp3) is 0.455. The van der Waals surface area contributed by atoms with Gasteiger partial charge in [-0.2, -0.15) is 0 Å². The fourth-order valence-corrected chi connectivity index (χ4v) is 1.65. The van der Waals surface area contributed by atoms with Gasteiger partial charge in [-0.05, 0) is 30.9 Å². The van der Waals surface area contributed by atoms with E-state index in [1.165, 1.54) is 0 Å². The SMILES string of the molecule is Cc1ccc(CCCO)c2c1OCO2. The summed E-state index contributed by atoms with van der Waals surface area (Å²) in [6.45, 7) is 2.53. The molecule has 1 aliphatic rings. The van der Waals surface area contributed by atoms with Crippen LogP contribution in [0.3, 0.4) is 0 Å². The lowest BCUT2D eigenvalue weighted by atomic mass is 10.1. The van der Waals surface area contributed by atoms with E-state index in [-0.39, 0.29) is 6.61 Å². The lowest BCUT2D eigenvalue weighted by molar-refractivity contribution is 0.172. The van der Waals surface area contributed by atoms with Crippen LogP contribution >= 0.6 is 0 Å². The lowest BCUT2D eigenvalue weighted by Gasteiger charge is -2.06. The van der Waals surface area contributed by atoms with Crippen LogP contribution in [0, 0.1) is 6.92 Å². The van der Waals surface area contributed by atoms with Crippen LogP contribution in [-0.4, -0.2) is 18.5 Å². The van der Waals surface area contributed by atoms with Crippen LogP contribution in [0.15, 0.2) is 12.1 Å². The van der Waals surface area contributed by atoms with Gasteiger partial charge >= 0.3 is 0 Å². The average molecular weight is 194 g/mol. The number of aliphatic hydroxyl groups is 1. The van der Waals surface area contributed by atoms with Gasteiger partial charge in [-0.3, -0.25) is 0 Å². The van der Waals surface area contributed by atoms with Crippen molar-refractivity contribution in [3.63, 3.8) is 0 Å². The van der Waals surface area contributed by atoms with Crippen LogP contribution in [0.2, 0.25) is 0 Å². The van der Waals surface area contributed by atoms with Crippen molar-refractivity contribution in [1.82, 2.24) is 0 Å². The monoisotopic (exact) mass is 194 g/mol. The van der Waals surface area contributed by atoms with Gasteiger partial charge in [0.05, 0.1) is 0 Å². The summed E-state index contributed by atoms with van der Waals surface area (Å²) in [5.74, 6) is 1.72. The fourth-order valence-electron chi connectivity index (χ4n) is 1.65. The number of fused-ring (bicyclic) bond motifs is 1. The Morgan fingerprint density at radius 1 is 1.29 bits per heavy atom. The number of benzene rings is 1. The zero-order valence-corrected chi connectivity index (χ0v) is 8.25. The highest BCUT2D eigenvalue weighted by atomic mass is 16.7. The van der Waals surface area contributed by atoms with E-state index >= 15 is 0 Å². The van der Waals surface area contributed by atoms with Crippen LogP contribution in [0.4, 0.5) is 0 Å². The third-order valence-corrected chi connectivity index (χ3v) is 2.40. The Hall–Kier alpha value is -1.22. The molecule has 0 radical (unpaired) electrons. The van der Waals surface area contributed by atoms with Gasteiger partial charge in [0.15, 0.2) is 11.5 Å². The molecule has 0 bridgehead atoms. The molecule has 3 nitrogen and oxygen atoms in total. The van der Waals surface area contributed by atoms with Crippen molar-refractivity contribution in [2.45, 2.75) is 19.8 Å². The highest BCUT2D eigenvalue weighted by molar-refractivity contribution is 5.52. The average Bonchev–Trinajstić information content (AvgIpc) is 2.66. The molecule has 2 rings (SSSR count). The molecule has 0 amide bonds. The molecule has 1 aromatic rings. The summed E-state index contributed by atoms with van der Waals surface area (Å²) >= 11 is 0. The predicted octanol–water partition coefficient (Wildman–Crippen LogP) is 1.65. The highest BCUT2D eigenvalue weighted by Gasteiger charge is 2.19. The molecule has 1 aliphatic heterocycles. The molecule has 0 fully saturated rings. The van der Waals surface area contributed by atoms with Crippen molar-refractivity contribution in [3.8, 4) is 11.5 Å². The van der Waals surface area contributed by atoms with Gasteiger partial charge in [0, 0.05) is 6.61 Å². The Bertz CT molecular complexity index is 334. The number of aliphatic hydroxyl groups excluding tert-OH is 1. The van der Waals surface area contributed by atoms with Gasteiger partial charge in [-0.25, -0.2) is 0 Å². The third-order valence-electron chi connectivity index (χ3n) is 2.40. The Balaban J connectivity index is 2.29. The Morgan fingerprint density at radius 3 is 2.86 bits per heavy atom. The van der Waals surface area contributed by atoms with Gasteiger partial charge in [-0.15, -0.1) is 0 Å². The van der Waals surface area contributed by atoms with Gasteiger partial charge in [0.25, 0.3) is 0 Å². The van der Waals surface area contributed by atoms with Crippen molar-refractivity contribution in [2.24, 2.45) is 0 Å². The van der Waals surface area contributed by atoms with E-state index in [1.54, 1.807) is 0 Å². The first kappa shape index (κ1) is 9.34. The van der Waals surface area contributed by atoms with Gasteiger partial charge in [0.1, 0.15) is 0 Å². The van der Waals surface area contributed by atoms with Crippen molar-refractivity contribution in [1.29, 1.82) is 0 Å². The van der Waals surface area contributed by atoms with Crippen molar-refractivity contribution >= 4 is 0 Å². The molecule has 1 heterocycles. The van der Waals surface area contributed by atoms with E-state index in [9.17, 15) is 0 Å². The minimum atomic E-state index is 0.212. The van der Waals surface area contributed by atoms with E-state index in [1.807, 2.05) is 19.1 Å². The smallest absolute Gasteiger partial charge is 0.231 e. The molecule has 0 spiro atoms. The van der Waals surface area contributed by atoms with Crippen molar-refractivity contribution in [3.05, 3.63) is 23.3 Å². The number of rotatable bonds is 3. The van der Waals surface area contributed by atoms with Crippen LogP contribution < -0.4 is 9.47 Å². The Kier molecular flexibility index (Phi) is 2.59. The summed E-state index contributed by atoms with van der Waals surface area (Å²) in [6.07, 6.45) is 1.60. The van der Waals surface area contributed by atoms with Gasteiger partial charge in [0.2, 0.25) is 6.79 Å². The second kappa shape index (κ2) is 3.88. The third kappa shape index (κ3) is 1.55. The predicted molar refractivity (Wildman–Crippen MR) is 52.7 cm³/mol. The second-order valence-electron chi connectivity index (χ2n) is 3.43. The summed E-state index contributed by atoms with van der Waals surface area (Å²) in [5, 5.41) is 8.76. The molecular weight excluding hydrogens is 180 g/mol. The molecule has 1 aromatic carbocycles. The molecular formula is C11H14O3. The van der Waals surface area contributed by atoms with Crippen molar-refractivity contribution in [2.75, 3.05) is 13.4 Å². The summed E-state index contributed by atoms with van der Waals surface area (Å²) in [5.41, 5.74) is 2.22. The maximum absolute atomic E-state index is 8.76. The van der Waals surface area contributed by atoms with Crippen LogP contribution in [0.1, 0.15) is 17.5 Å². The quantitative estimate of drug-likeness (QED) is 0.795. The van der Waals surface area contributed by atoms with E-state index in [4.69, 9.17) is 14.6 Å². The Labute approximate surface area is 83.3 Å². The number of hydrogen-bond donors (Lipinski definition) is 1. The van der Waals surface area contributed by atoms with Crippen LogP contribution in [0.5, 0.6) is 11.5 Å². The van der Waals surface area contributed by atoms with Crippen LogP contribution in [-0.2, 0) is 6.42 Å². The molecule has 0 atom stereocenters. The number of ether oxygens (including phenoxy) is 2. The zero-order chi connectivity index (χ0) is 9.97. The molecule has 1 N–H and O–H groups in total. The minimum absolute atomic E-state index is 0.212. The van der Waals surface area contributed by atoms with Crippen LogP contribution in [0.25, 0.3) is 0 Å². The van der Waals surface area contributed by atoms with Gasteiger partial charge < -0.3 is 14.6 Å². The molecule has 0 saturated carbocycles. The second-order valence-corrected chi connectivity index (χ2v) is 3.43. The summed E-state index contributed by atoms with van der Waals surface area (Å²) in [7, 11) is 0. The minimum Gasteiger partial charge on any atom is -0.453 e. The summed E-state index contributed by atoms with van der Waals surface area (Å²) < 4.78 is 10.8. The standard InChI is InChI=1S/C11H14O3/c1-8-4-5-9(3-2-6-12)11-10(8)13-7-14-11/h4-5,12H,2-3,6-7H2,1H3. The van der Waals surface area contributed by atoms with E-state index < -0.39 is 0 Å². The highest BCUT2D eigenvalue weighted by Crippen LogP contribution is 2.38. The first-order chi connectivity index (χ1) is 6.83. The summed E-state index contributed by atoms with van der Waals surface area (Å²) in [4.78, 5) is 0. The molecule has 14 heavy (non-hydrogen) atoms. The maximum atomic E-state index is 8.76. The zero-order valence-electron chi connectivity index (χ0n) is 8.25. The number of aryl methyl sites for hydroxylation is 2. The first-order valence-electron chi connectivity index (χ1n) is 4.82. The van der Waals surface area contributed by atoms with E-state index in [2.05, 4.69) is 0 Å². The lowest BCUT2D eigenvalue weighted by Crippen LogP contribution is -1.95. The van der Waals surface area contributed by atoms with E-state index in [0.717, 1.165) is 35.5 Å². The van der Waals surface area contributed by atoms with E-state index in [0.29, 0.717) is 6.79 Å². The largest absolute Gasteiger partial charge is 0.453 e. The molecule has 0 unspecified atom stereocenters. The van der Waals surface area contributed by atoms with Gasteiger partial charge in [-0.1, -0.05) is 12.1 Å². The molecule has 0 saturated heterocycles. The molecule has 0 aliphatic carbocycles. The number of hydrogen-bond acceptors (Lipinski definition) is 3. The first-order valence-corrected chi connectivity index (χ1v) is 4.82.